The SMILES string of the molecule is CC(C)(C)C(CCO)NCc1ccc(SC(F)F)cc1. The summed E-state index contributed by atoms with van der Waals surface area (Å²) in [7, 11) is 0. The first-order valence-corrected chi connectivity index (χ1v) is 7.59. The molecule has 0 saturated heterocycles. The highest BCUT2D eigenvalue weighted by molar-refractivity contribution is 7.99. The maximum absolute atomic E-state index is 12.2. The van der Waals surface area contributed by atoms with E-state index in [9.17, 15) is 8.78 Å². The first kappa shape index (κ1) is 17.4. The molecule has 1 rings (SSSR count). The van der Waals surface area contributed by atoms with Gasteiger partial charge >= 0.3 is 0 Å². The van der Waals surface area contributed by atoms with Gasteiger partial charge in [0.2, 0.25) is 0 Å². The maximum atomic E-state index is 12.2. The van der Waals surface area contributed by atoms with Gasteiger partial charge in [-0.05, 0) is 29.5 Å². The minimum Gasteiger partial charge on any atom is -0.396 e. The highest BCUT2D eigenvalue weighted by atomic mass is 32.2. The van der Waals surface area contributed by atoms with Crippen LogP contribution in [0.5, 0.6) is 0 Å². The van der Waals surface area contributed by atoms with E-state index in [4.69, 9.17) is 5.11 Å². The molecular weight excluding hydrogens is 280 g/mol. The van der Waals surface area contributed by atoms with Crippen LogP contribution in [0.25, 0.3) is 0 Å². The van der Waals surface area contributed by atoms with Gasteiger partial charge in [0.05, 0.1) is 0 Å². The van der Waals surface area contributed by atoms with Crippen molar-refractivity contribution in [3.05, 3.63) is 29.8 Å². The lowest BCUT2D eigenvalue weighted by Gasteiger charge is -2.31. The molecule has 114 valence electrons. The van der Waals surface area contributed by atoms with Crippen molar-refractivity contribution in [1.29, 1.82) is 0 Å². The molecule has 0 fully saturated rings. The smallest absolute Gasteiger partial charge is 0.288 e. The Kier molecular flexibility index (Phi) is 6.92. The molecule has 1 atom stereocenters. The van der Waals surface area contributed by atoms with Gasteiger partial charge in [0.25, 0.3) is 5.76 Å². The first-order chi connectivity index (χ1) is 9.32. The monoisotopic (exact) mass is 303 g/mol. The Labute approximate surface area is 124 Å². The predicted octanol–water partition coefficient (Wildman–Crippen LogP) is 3.89. The maximum Gasteiger partial charge on any atom is 0.288 e. The van der Waals surface area contributed by atoms with E-state index in [1.807, 2.05) is 12.1 Å². The number of nitrogens with one attached hydrogen (secondary N) is 1. The van der Waals surface area contributed by atoms with Crippen LogP contribution >= 0.6 is 11.8 Å². The van der Waals surface area contributed by atoms with Gasteiger partial charge in [-0.2, -0.15) is 8.78 Å². The minimum absolute atomic E-state index is 0.0637. The van der Waals surface area contributed by atoms with E-state index in [0.29, 0.717) is 29.6 Å². The topological polar surface area (TPSA) is 32.3 Å². The van der Waals surface area contributed by atoms with Crippen LogP contribution in [0, 0.1) is 5.41 Å². The number of aliphatic hydroxyl groups is 1. The summed E-state index contributed by atoms with van der Waals surface area (Å²) in [5.74, 6) is -2.38. The molecule has 0 spiro atoms. The molecular formula is C15H23F2NOS. The van der Waals surface area contributed by atoms with Crippen molar-refractivity contribution in [2.45, 2.75) is 50.4 Å². The Balaban J connectivity index is 2.55. The molecule has 20 heavy (non-hydrogen) atoms. The zero-order chi connectivity index (χ0) is 15.2. The summed E-state index contributed by atoms with van der Waals surface area (Å²) in [6.07, 6.45) is 0.697. The second-order valence-corrected chi connectivity index (χ2v) is 6.90. The quantitative estimate of drug-likeness (QED) is 0.750. The van der Waals surface area contributed by atoms with E-state index in [2.05, 4.69) is 26.1 Å². The third-order valence-corrected chi connectivity index (χ3v) is 3.89. The Bertz CT molecular complexity index is 390. The summed E-state index contributed by atoms with van der Waals surface area (Å²) >= 11 is 0.557. The number of hydrogen-bond acceptors (Lipinski definition) is 3. The number of hydrogen-bond donors (Lipinski definition) is 2. The van der Waals surface area contributed by atoms with E-state index in [0.717, 1.165) is 5.56 Å². The van der Waals surface area contributed by atoms with Gasteiger partial charge in [0, 0.05) is 24.1 Å². The fourth-order valence-corrected chi connectivity index (χ4v) is 2.50. The highest BCUT2D eigenvalue weighted by Crippen LogP contribution is 2.25. The number of halogens is 2. The van der Waals surface area contributed by atoms with Crippen molar-refractivity contribution in [1.82, 2.24) is 5.32 Å². The van der Waals surface area contributed by atoms with Crippen molar-refractivity contribution < 1.29 is 13.9 Å². The molecule has 2 nitrogen and oxygen atoms in total. The van der Waals surface area contributed by atoms with Gasteiger partial charge in [-0.3, -0.25) is 0 Å². The second kappa shape index (κ2) is 7.96. The van der Waals surface area contributed by atoms with E-state index in [1.54, 1.807) is 12.1 Å². The van der Waals surface area contributed by atoms with Gasteiger partial charge < -0.3 is 10.4 Å². The average molecular weight is 303 g/mol. The largest absolute Gasteiger partial charge is 0.396 e. The fourth-order valence-electron chi connectivity index (χ4n) is 2.00. The van der Waals surface area contributed by atoms with E-state index >= 15 is 0 Å². The van der Waals surface area contributed by atoms with Crippen LogP contribution in [-0.2, 0) is 6.54 Å². The highest BCUT2D eigenvalue weighted by Gasteiger charge is 2.23. The molecule has 5 heteroatoms. The van der Waals surface area contributed by atoms with Crippen LogP contribution in [0.1, 0.15) is 32.8 Å². The summed E-state index contributed by atoms with van der Waals surface area (Å²) in [6.45, 7) is 7.20. The molecule has 0 aliphatic carbocycles. The number of rotatable bonds is 7. The van der Waals surface area contributed by atoms with Crippen LogP contribution < -0.4 is 5.32 Å². The zero-order valence-corrected chi connectivity index (χ0v) is 13.0. The first-order valence-electron chi connectivity index (χ1n) is 6.71. The molecule has 0 bridgehead atoms. The predicted molar refractivity (Wildman–Crippen MR) is 80.1 cm³/mol. The average Bonchev–Trinajstić information content (AvgIpc) is 2.34. The summed E-state index contributed by atoms with van der Waals surface area (Å²) in [5, 5.41) is 12.5. The number of aliphatic hydroxyl groups excluding tert-OH is 1. The van der Waals surface area contributed by atoms with E-state index in [-0.39, 0.29) is 18.1 Å². The van der Waals surface area contributed by atoms with Crippen molar-refractivity contribution >= 4 is 11.8 Å². The minimum atomic E-state index is -2.38. The standard InChI is InChI=1S/C15H23F2NOS/c1-15(2,3)13(8-9-19)18-10-11-4-6-12(7-5-11)20-14(16)17/h4-7,13-14,18-19H,8-10H2,1-3H3. The molecule has 1 aromatic rings. The summed E-state index contributed by atoms with van der Waals surface area (Å²) in [4.78, 5) is 0.575. The van der Waals surface area contributed by atoms with Crippen molar-refractivity contribution in [2.24, 2.45) is 5.41 Å². The molecule has 0 saturated carbocycles. The molecule has 1 aromatic carbocycles. The van der Waals surface area contributed by atoms with Crippen molar-refractivity contribution in [2.75, 3.05) is 6.61 Å². The Morgan fingerprint density at radius 2 is 1.80 bits per heavy atom. The second-order valence-electron chi connectivity index (χ2n) is 5.83. The normalized spacial score (nSPS) is 13.8. The van der Waals surface area contributed by atoms with Crippen molar-refractivity contribution in [3.8, 4) is 0 Å². The summed E-state index contributed by atoms with van der Waals surface area (Å²) in [6, 6.07) is 7.35. The number of alkyl halides is 2. The van der Waals surface area contributed by atoms with E-state index < -0.39 is 5.76 Å². The van der Waals surface area contributed by atoms with Gasteiger partial charge in [-0.25, -0.2) is 0 Å². The summed E-state index contributed by atoms with van der Waals surface area (Å²) in [5.41, 5.74) is 1.12. The summed E-state index contributed by atoms with van der Waals surface area (Å²) < 4.78 is 24.4. The van der Waals surface area contributed by atoms with Gasteiger partial charge in [-0.1, -0.05) is 44.7 Å². The fraction of sp³-hybridized carbons (Fsp3) is 0.600. The van der Waals surface area contributed by atoms with Gasteiger partial charge in [-0.15, -0.1) is 0 Å². The third-order valence-electron chi connectivity index (χ3n) is 3.16. The zero-order valence-electron chi connectivity index (χ0n) is 12.2. The Morgan fingerprint density at radius 3 is 2.25 bits per heavy atom. The molecule has 0 heterocycles. The van der Waals surface area contributed by atoms with Crippen LogP contribution in [0.3, 0.4) is 0 Å². The molecule has 0 radical (unpaired) electrons. The molecule has 1 unspecified atom stereocenters. The molecule has 2 N–H and O–H groups in total. The Hall–Kier alpha value is -0.650. The molecule has 0 amide bonds. The van der Waals surface area contributed by atoms with Crippen LogP contribution in [-0.4, -0.2) is 23.5 Å². The van der Waals surface area contributed by atoms with Crippen LogP contribution in [0.2, 0.25) is 0 Å². The lowest BCUT2D eigenvalue weighted by atomic mass is 9.85. The molecule has 0 aliphatic heterocycles. The van der Waals surface area contributed by atoms with Crippen molar-refractivity contribution in [3.63, 3.8) is 0 Å². The third kappa shape index (κ3) is 6.20. The van der Waals surface area contributed by atoms with Gasteiger partial charge in [0.15, 0.2) is 0 Å². The molecule has 0 aromatic heterocycles. The van der Waals surface area contributed by atoms with E-state index in [1.165, 1.54) is 0 Å². The molecule has 0 aliphatic rings. The lowest BCUT2D eigenvalue weighted by molar-refractivity contribution is 0.196. The Morgan fingerprint density at radius 1 is 1.20 bits per heavy atom. The number of benzene rings is 1. The van der Waals surface area contributed by atoms with Crippen LogP contribution in [0.15, 0.2) is 29.2 Å². The number of thioether (sulfide) groups is 1. The van der Waals surface area contributed by atoms with Gasteiger partial charge in [0.1, 0.15) is 0 Å². The van der Waals surface area contributed by atoms with Crippen LogP contribution in [0.4, 0.5) is 8.78 Å². The lowest BCUT2D eigenvalue weighted by Crippen LogP contribution is -2.40.